The van der Waals surface area contributed by atoms with Gasteiger partial charge >= 0.3 is 0 Å². The van der Waals surface area contributed by atoms with Crippen molar-refractivity contribution in [3.63, 3.8) is 0 Å². The summed E-state index contributed by atoms with van der Waals surface area (Å²) in [4.78, 5) is -0.0806. The maximum Gasteiger partial charge on any atom is 0.285 e. The number of sulfonamides is 1. The second kappa shape index (κ2) is 10.2. The van der Waals surface area contributed by atoms with Gasteiger partial charge in [0.05, 0.1) is 11.4 Å². The van der Waals surface area contributed by atoms with Gasteiger partial charge in [0, 0.05) is 10.6 Å². The van der Waals surface area contributed by atoms with Crippen molar-refractivity contribution in [2.75, 3.05) is 6.54 Å². The third-order valence-electron chi connectivity index (χ3n) is 5.72. The van der Waals surface area contributed by atoms with Crippen molar-refractivity contribution in [2.45, 2.75) is 17.1 Å². The minimum absolute atomic E-state index is 0.0806. The maximum atomic E-state index is 12.8. The van der Waals surface area contributed by atoms with Gasteiger partial charge in [-0.1, -0.05) is 47.1 Å². The summed E-state index contributed by atoms with van der Waals surface area (Å²) in [5.74, 6) is 0.531. The van der Waals surface area contributed by atoms with E-state index in [1.54, 1.807) is 48.5 Å². The van der Waals surface area contributed by atoms with Gasteiger partial charge in [-0.15, -0.1) is 14.6 Å². The number of hydrogen-bond acceptors (Lipinski definition) is 8. The summed E-state index contributed by atoms with van der Waals surface area (Å²) in [6, 6.07) is 21.3. The number of hydrogen-bond donors (Lipinski definition) is 3. The van der Waals surface area contributed by atoms with Crippen LogP contribution in [0.1, 0.15) is 17.0 Å². The van der Waals surface area contributed by atoms with Crippen LogP contribution in [-0.2, 0) is 22.2 Å². The fourth-order valence-electron chi connectivity index (χ4n) is 3.83. The number of aromatic amines is 1. The Kier molecular flexibility index (Phi) is 6.80. The molecule has 5 rings (SSSR count). The molecular formula is C24H21ClN8O4S. The number of β-amino-alcohol motifs (C(OH)–C–C–N with tert-alkyl or cyclic N) is 1. The smallest absolute Gasteiger partial charge is 0.285 e. The highest BCUT2D eigenvalue weighted by Crippen LogP contribution is 2.33. The number of hydrazone groups is 1. The van der Waals surface area contributed by atoms with Crippen LogP contribution in [0.25, 0.3) is 0 Å². The molecule has 1 aliphatic rings. The summed E-state index contributed by atoms with van der Waals surface area (Å²) in [7, 11) is -4.15. The second-order valence-corrected chi connectivity index (χ2v) is 10.3. The maximum absolute atomic E-state index is 12.8. The van der Waals surface area contributed by atoms with E-state index in [2.05, 4.69) is 30.1 Å². The summed E-state index contributed by atoms with van der Waals surface area (Å²) >= 11 is 5.86. The van der Waals surface area contributed by atoms with Crippen LogP contribution in [0.15, 0.2) is 93.3 Å². The van der Waals surface area contributed by atoms with Crippen LogP contribution in [0.3, 0.4) is 0 Å². The number of ether oxygens (including phenoxy) is 1. The minimum Gasteiger partial charge on any atom is -0.485 e. The molecule has 0 fully saturated rings. The molecule has 0 saturated heterocycles. The third kappa shape index (κ3) is 5.20. The van der Waals surface area contributed by atoms with Gasteiger partial charge in [0.1, 0.15) is 11.5 Å². The highest BCUT2D eigenvalue weighted by Gasteiger charge is 2.44. The molecule has 1 aromatic heterocycles. The molecule has 12 nitrogen and oxygen atoms in total. The number of H-pyrrole nitrogens is 1. The van der Waals surface area contributed by atoms with Gasteiger partial charge in [-0.2, -0.15) is 18.7 Å². The van der Waals surface area contributed by atoms with Gasteiger partial charge in [-0.05, 0) is 54.1 Å². The van der Waals surface area contributed by atoms with Crippen LogP contribution < -0.4 is 10.5 Å². The third-order valence-corrected chi connectivity index (χ3v) is 7.26. The fraction of sp³-hybridized carbons (Fsp3) is 0.125. The van der Waals surface area contributed by atoms with Crippen molar-refractivity contribution in [3.05, 3.63) is 101 Å². The van der Waals surface area contributed by atoms with Crippen LogP contribution in [0.2, 0.25) is 5.02 Å². The summed E-state index contributed by atoms with van der Waals surface area (Å²) in [5, 5.41) is 31.4. The monoisotopic (exact) mass is 552 g/mol. The Morgan fingerprint density at radius 2 is 1.82 bits per heavy atom. The molecule has 38 heavy (non-hydrogen) atoms. The zero-order valence-electron chi connectivity index (χ0n) is 19.6. The van der Waals surface area contributed by atoms with Crippen molar-refractivity contribution >= 4 is 33.3 Å². The number of benzene rings is 3. The van der Waals surface area contributed by atoms with Crippen molar-refractivity contribution < 1.29 is 18.3 Å². The Hall–Kier alpha value is -4.33. The van der Waals surface area contributed by atoms with E-state index in [4.69, 9.17) is 22.1 Å². The number of rotatable bonds is 7. The molecule has 4 aromatic rings. The molecule has 4 N–H and O–H groups in total. The van der Waals surface area contributed by atoms with E-state index in [1.807, 2.05) is 6.07 Å². The lowest BCUT2D eigenvalue weighted by Crippen LogP contribution is -2.42. The Balaban J connectivity index is 1.46. The Bertz CT molecular complexity index is 1580. The average molecular weight is 553 g/mol. The molecule has 194 valence electrons. The molecule has 3 aromatic carbocycles. The van der Waals surface area contributed by atoms with Crippen molar-refractivity contribution in [3.8, 4) is 5.75 Å². The molecule has 0 spiro atoms. The molecular weight excluding hydrogens is 532 g/mol. The highest BCUT2D eigenvalue weighted by atomic mass is 35.5. The number of aliphatic hydroxyl groups is 1. The second-order valence-electron chi connectivity index (χ2n) is 8.25. The average Bonchev–Trinajstić information content (AvgIpc) is 3.57. The summed E-state index contributed by atoms with van der Waals surface area (Å²) in [6.45, 7) is -0.0402. The van der Waals surface area contributed by atoms with Gasteiger partial charge in [-0.3, -0.25) is 0 Å². The topological polar surface area (TPSA) is 172 Å². The summed E-state index contributed by atoms with van der Waals surface area (Å²) in [6.07, 6.45) is 0. The van der Waals surface area contributed by atoms with Gasteiger partial charge in [0.15, 0.2) is 12.2 Å². The number of nitrogens with two attached hydrogens (primary N) is 1. The van der Waals surface area contributed by atoms with E-state index in [0.29, 0.717) is 27.7 Å². The predicted molar refractivity (Wildman–Crippen MR) is 139 cm³/mol. The summed E-state index contributed by atoms with van der Waals surface area (Å²) in [5.41, 5.74) is 5.86. The predicted octanol–water partition coefficient (Wildman–Crippen LogP) is 2.04. The van der Waals surface area contributed by atoms with Crippen molar-refractivity contribution in [1.29, 1.82) is 0 Å². The first kappa shape index (κ1) is 25.3. The Morgan fingerprint density at radius 3 is 2.47 bits per heavy atom. The van der Waals surface area contributed by atoms with Crippen LogP contribution in [0, 0.1) is 0 Å². The zero-order valence-corrected chi connectivity index (χ0v) is 21.2. The molecule has 2 heterocycles. The first-order valence-corrected chi connectivity index (χ1v) is 13.0. The SMILES string of the molecule is N/C(=N\S(=O)(=O)c1ccc(Cl)cc1)N1CC(O)(c2ccccc2)C(c2ccc(OCc3nn[nH]n3)cc2)=N1. The molecule has 14 heteroatoms. The van der Waals surface area contributed by atoms with Gasteiger partial charge in [0.2, 0.25) is 11.8 Å². The van der Waals surface area contributed by atoms with E-state index in [9.17, 15) is 13.5 Å². The molecule has 0 aliphatic carbocycles. The van der Waals surface area contributed by atoms with Crippen molar-refractivity contribution in [1.82, 2.24) is 25.6 Å². The van der Waals surface area contributed by atoms with E-state index < -0.39 is 21.6 Å². The molecule has 1 atom stereocenters. The molecule has 0 amide bonds. The first-order valence-electron chi connectivity index (χ1n) is 11.2. The Morgan fingerprint density at radius 1 is 1.11 bits per heavy atom. The van der Waals surface area contributed by atoms with Crippen LogP contribution >= 0.6 is 11.6 Å². The number of tetrazole rings is 1. The number of guanidine groups is 1. The largest absolute Gasteiger partial charge is 0.485 e. The highest BCUT2D eigenvalue weighted by molar-refractivity contribution is 7.90. The van der Waals surface area contributed by atoms with E-state index in [-0.39, 0.29) is 23.8 Å². The van der Waals surface area contributed by atoms with Gasteiger partial charge in [-0.25, -0.2) is 5.01 Å². The lowest BCUT2D eigenvalue weighted by atomic mass is 9.86. The molecule has 0 bridgehead atoms. The van der Waals surface area contributed by atoms with E-state index in [1.165, 1.54) is 24.3 Å². The quantitative estimate of drug-likeness (QED) is 0.229. The summed E-state index contributed by atoms with van der Waals surface area (Å²) < 4.78 is 35.0. The first-order chi connectivity index (χ1) is 18.2. The normalized spacial score (nSPS) is 17.9. The molecule has 1 unspecified atom stereocenters. The fourth-order valence-corrected chi connectivity index (χ4v) is 4.88. The van der Waals surface area contributed by atoms with Gasteiger partial charge in [0.25, 0.3) is 10.0 Å². The van der Waals surface area contributed by atoms with Crippen LogP contribution in [0.5, 0.6) is 5.75 Å². The number of halogens is 1. The van der Waals surface area contributed by atoms with E-state index >= 15 is 0 Å². The number of nitrogens with one attached hydrogen (secondary N) is 1. The van der Waals surface area contributed by atoms with Crippen molar-refractivity contribution in [2.24, 2.45) is 15.2 Å². The molecule has 0 saturated carbocycles. The lowest BCUT2D eigenvalue weighted by molar-refractivity contribution is 0.104. The lowest BCUT2D eigenvalue weighted by Gasteiger charge is -2.25. The molecule has 0 radical (unpaired) electrons. The Labute approximate surface area is 222 Å². The minimum atomic E-state index is -4.15. The molecule has 1 aliphatic heterocycles. The van der Waals surface area contributed by atoms with E-state index in [0.717, 1.165) is 5.01 Å². The number of aromatic nitrogens is 4. The van der Waals surface area contributed by atoms with Crippen LogP contribution in [-0.4, -0.2) is 57.4 Å². The standard InChI is InChI=1S/C24H21ClN8O4S/c25-18-8-12-20(13-9-18)38(35,36)30-23(26)33-15-24(34,17-4-2-1-3-5-17)22(29-33)16-6-10-19(11-7-16)37-14-21-27-31-32-28-21/h1-13,34H,14-15H2,(H2,26,30)(H,27,28,31,32). The van der Waals surface area contributed by atoms with Gasteiger partial charge < -0.3 is 15.6 Å². The zero-order chi connectivity index (χ0) is 26.8. The van der Waals surface area contributed by atoms with Crippen LogP contribution in [0.4, 0.5) is 0 Å². The number of nitrogens with zero attached hydrogens (tertiary/aromatic N) is 6.